The highest BCUT2D eigenvalue weighted by Gasteiger charge is 2.83. The third-order valence-electron chi connectivity index (χ3n) is 25.0. The fourth-order valence-corrected chi connectivity index (χ4v) is 18.8. The Labute approximate surface area is 700 Å². The minimum absolute atomic E-state index is 0.000805. The number of allylic oxidation sites excluding steroid dienone is 4. The monoisotopic (exact) mass is 1710 g/mol. The van der Waals surface area contributed by atoms with Crippen LogP contribution in [0, 0.1) is 40.4 Å². The van der Waals surface area contributed by atoms with Gasteiger partial charge in [0.1, 0.15) is 67.0 Å². The van der Waals surface area contributed by atoms with E-state index in [2.05, 4.69) is 31.6 Å². The quantitative estimate of drug-likeness (QED) is 0.0251. The number of anilines is 1. The number of ether oxygens (including phenoxy) is 10. The number of amides is 7. The van der Waals surface area contributed by atoms with Crippen molar-refractivity contribution in [1.82, 2.24) is 35.8 Å². The highest BCUT2D eigenvalue weighted by molar-refractivity contribution is 6.13. The first-order chi connectivity index (χ1) is 57.7. The second-order valence-corrected chi connectivity index (χ2v) is 33.5. The molecule has 19 atom stereocenters. The molecule has 0 bridgehead atoms. The fourth-order valence-electron chi connectivity index (χ4n) is 18.8. The number of fused-ring (bicyclic) bond motifs is 8. The van der Waals surface area contributed by atoms with E-state index in [-0.39, 0.29) is 161 Å². The van der Waals surface area contributed by atoms with E-state index in [1.165, 1.54) is 48.0 Å². The van der Waals surface area contributed by atoms with Crippen LogP contribution < -0.4 is 27.0 Å². The Morgan fingerprint density at radius 2 is 1.42 bits per heavy atom. The molecule has 3 saturated carbocycles. The number of aromatic nitrogens is 3. The summed E-state index contributed by atoms with van der Waals surface area (Å²) in [5.74, 6) is -8.94. The number of carbonyl (C=O) groups excluding carboxylic acids is 11. The fraction of sp³-hybridized carbons (Fsp3) is 0.702. The van der Waals surface area contributed by atoms with Crippen molar-refractivity contribution in [1.29, 1.82) is 0 Å². The molecule has 3 aliphatic heterocycles. The van der Waals surface area contributed by atoms with E-state index >= 15 is 8.78 Å². The first kappa shape index (κ1) is 94.9. The van der Waals surface area contributed by atoms with Gasteiger partial charge in [0.25, 0.3) is 11.8 Å². The van der Waals surface area contributed by atoms with Gasteiger partial charge in [-0.25, -0.2) is 23.1 Å². The van der Waals surface area contributed by atoms with Crippen molar-refractivity contribution in [2.24, 2.45) is 46.2 Å². The number of imide groups is 1. The van der Waals surface area contributed by atoms with Crippen LogP contribution in [-0.2, 0) is 104 Å². The molecule has 5 aliphatic carbocycles. The van der Waals surface area contributed by atoms with E-state index in [9.17, 15) is 78.3 Å². The molecule has 35 nitrogen and oxygen atoms in total. The predicted molar refractivity (Wildman–Crippen MR) is 423 cm³/mol. The van der Waals surface area contributed by atoms with Gasteiger partial charge >= 0.3 is 12.2 Å². The standard InChI is InChI=1S/C84H119F2N9O26/c1-7-14-69-120-82(6)43-58-56-42-59(85)57-41-54(97)25-27-80(57,4)83(56,86)64(100)44-81(58,5)84(82,121-69)65(101)47-118-79(111)117-46-50-19-21-53(22-20-50)90-75(108)52(16-13-29-89-78(87)110)40-61(99)70(49(2)3)91-76(109)51(39-55(98)26-31-112-33-35-114-37-38-115-36-34-113-32-30-94-67(103)23-24-68(94)104)15-11-12-28-88-66(102)48-116-62-18-10-8-9-17-60-71(62)92-93-95(60)77-74(107)73(106)72(105)63(45-96)119-77/h19-25,27,41,49,51-52,56,58-59,62-64,69-70,72-74,77,96,100,105-107H,7-18,26,28-40,42-48H2,1-6H3,(H,88,102)(H,90,108)(H,91,109)(H3,87,89,110)/t51-,52+,56-,58-,59-,62?,63+,64-,69?,70-,72-,73-,74+,77+,80-,81-,82+,83-,84-/m0/s1. The second kappa shape index (κ2) is 42.9. The van der Waals surface area contributed by atoms with Gasteiger partial charge in [0.05, 0.1) is 83.8 Å². The molecule has 8 aliphatic rings. The van der Waals surface area contributed by atoms with E-state index in [1.807, 2.05) is 6.92 Å². The molecule has 7 amide bonds. The number of aliphatic hydroxyl groups excluding tert-OH is 5. The first-order valence-electron chi connectivity index (χ1n) is 42.1. The lowest BCUT2D eigenvalue weighted by atomic mass is 9.44. The van der Waals surface area contributed by atoms with Gasteiger partial charge < -0.3 is 99.9 Å². The van der Waals surface area contributed by atoms with Gasteiger partial charge in [-0.3, -0.25) is 48.1 Å². The molecule has 0 spiro atoms. The molecule has 1 aromatic carbocycles. The number of carbonyl (C=O) groups is 11. The maximum Gasteiger partial charge on any atom is 0.509 e. The summed E-state index contributed by atoms with van der Waals surface area (Å²) >= 11 is 0. The minimum atomic E-state index is -2.45. The van der Waals surface area contributed by atoms with Gasteiger partial charge in [0, 0.05) is 78.8 Å². The zero-order valence-corrected chi connectivity index (χ0v) is 69.6. The molecule has 1 aromatic heterocycles. The van der Waals surface area contributed by atoms with Crippen LogP contribution in [0.4, 0.5) is 24.1 Å². The largest absolute Gasteiger partial charge is 0.509 e. The second-order valence-electron chi connectivity index (χ2n) is 33.5. The molecule has 121 heavy (non-hydrogen) atoms. The number of primary amides is 1. The van der Waals surface area contributed by atoms with Gasteiger partial charge in [-0.2, -0.15) is 0 Å². The summed E-state index contributed by atoms with van der Waals surface area (Å²) in [6.07, 6.45) is -3.69. The predicted octanol–water partition coefficient (Wildman–Crippen LogP) is 4.29. The molecule has 2 unspecified atom stereocenters. The number of benzene rings is 1. The third-order valence-corrected chi connectivity index (χ3v) is 25.0. The van der Waals surface area contributed by atoms with Crippen LogP contribution in [0.5, 0.6) is 0 Å². The lowest BCUT2D eigenvalue weighted by Gasteiger charge is -2.63. The number of aliphatic hydroxyl groups is 5. The number of urea groups is 1. The molecule has 2 aromatic rings. The van der Waals surface area contributed by atoms with Gasteiger partial charge in [0.2, 0.25) is 23.5 Å². The molecular formula is C84H119F2N9O26. The Bertz CT molecular complexity index is 4060. The Kier molecular flexibility index (Phi) is 33.6. The lowest BCUT2D eigenvalue weighted by molar-refractivity contribution is -0.254. The van der Waals surface area contributed by atoms with Crippen LogP contribution in [0.25, 0.3) is 0 Å². The van der Waals surface area contributed by atoms with Crippen LogP contribution in [0.2, 0.25) is 0 Å². The van der Waals surface area contributed by atoms with Gasteiger partial charge in [-0.1, -0.05) is 76.8 Å². The number of hydrogen-bond donors (Lipinski definition) is 10. The van der Waals surface area contributed by atoms with Crippen molar-refractivity contribution in [3.8, 4) is 0 Å². The molecule has 4 heterocycles. The van der Waals surface area contributed by atoms with Crippen LogP contribution >= 0.6 is 0 Å². The molecule has 37 heteroatoms. The van der Waals surface area contributed by atoms with Crippen molar-refractivity contribution < 1.29 is 134 Å². The summed E-state index contributed by atoms with van der Waals surface area (Å²) in [7, 11) is 0. The third kappa shape index (κ3) is 22.1. The topological polar surface area (TPSA) is 489 Å². The number of unbranched alkanes of at least 4 members (excludes halogenated alkanes) is 1. The van der Waals surface area contributed by atoms with Crippen LogP contribution in [0.3, 0.4) is 0 Å². The molecule has 5 fully saturated rings. The average molecular weight is 1710 g/mol. The number of rotatable bonds is 46. The molecule has 670 valence electrons. The highest BCUT2D eigenvalue weighted by atomic mass is 19.1. The van der Waals surface area contributed by atoms with E-state index in [4.69, 9.17) is 53.1 Å². The molecule has 10 rings (SSSR count). The summed E-state index contributed by atoms with van der Waals surface area (Å²) in [6, 6.07) is 4.16. The maximum atomic E-state index is 18.2. The highest BCUT2D eigenvalue weighted by Crippen LogP contribution is 2.74. The van der Waals surface area contributed by atoms with Crippen LogP contribution in [0.15, 0.2) is 60.2 Å². The average Bonchev–Trinajstić information content (AvgIpc) is 1.50. The smallest absolute Gasteiger partial charge is 0.429 e. The number of nitrogens with zero attached hydrogens (tertiary/aromatic N) is 4. The van der Waals surface area contributed by atoms with E-state index in [1.54, 1.807) is 39.8 Å². The molecule has 11 N–H and O–H groups in total. The zero-order valence-electron chi connectivity index (χ0n) is 69.6. The molecular weight excluding hydrogens is 1590 g/mol. The number of Topliss-reactive ketones (excluding diaryl/α,β-unsaturated/α-hetero) is 3. The lowest BCUT2D eigenvalue weighted by Crippen LogP contribution is -2.71. The van der Waals surface area contributed by atoms with Crippen molar-refractivity contribution in [3.05, 3.63) is 77.2 Å². The van der Waals surface area contributed by atoms with Crippen molar-refractivity contribution in [2.75, 3.05) is 97.6 Å². The Hall–Kier alpha value is -8.31. The Morgan fingerprint density at radius 3 is 2.10 bits per heavy atom. The summed E-state index contributed by atoms with van der Waals surface area (Å²) in [5.41, 5.74) is -1.92. The van der Waals surface area contributed by atoms with Gasteiger partial charge in [-0.05, 0) is 132 Å². The minimum Gasteiger partial charge on any atom is -0.429 e. The SMILES string of the molecule is CCCC1O[C@]2(C(=O)COC(=O)OCc3ccc(NC(=O)[C@H](CCCNC(N)=O)CC(=O)[C@@H](NC(=O)[C@@H](CCCCNC(=O)COC4CCCCCc5c4nnn5[C@@H]4O[C@H](CO)[C@H](O)[C@H](O)[C@H]4O)CC(=O)CCOCCOCCOCCOCCN4C(=O)C=CC4=O)C(C)C)cc3)[C@@](C)(C[C@H]3[C@@H]4C[C@H](F)C5=CC(=O)C=C[C@]5(C)[C@@]4(F)[C@@H](O)C[C@@]32C)O1. The first-order valence-corrected chi connectivity index (χ1v) is 42.1. The number of hydrogen-bond acceptors (Lipinski definition) is 28. The Morgan fingerprint density at radius 1 is 0.752 bits per heavy atom. The van der Waals surface area contributed by atoms with Gasteiger partial charge in [0.15, 0.2) is 42.0 Å². The molecule has 2 saturated heterocycles. The van der Waals surface area contributed by atoms with Crippen molar-refractivity contribution in [3.63, 3.8) is 0 Å². The van der Waals surface area contributed by atoms with Crippen molar-refractivity contribution >= 4 is 70.5 Å². The summed E-state index contributed by atoms with van der Waals surface area (Å²) in [6.45, 7) is 9.70. The van der Waals surface area contributed by atoms with E-state index < -0.39 is 191 Å². The summed E-state index contributed by atoms with van der Waals surface area (Å²) in [4.78, 5) is 148. The number of halogens is 2. The van der Waals surface area contributed by atoms with E-state index in [0.29, 0.717) is 55.5 Å². The molecule has 0 radical (unpaired) electrons. The van der Waals surface area contributed by atoms with Crippen LogP contribution in [-0.4, -0.2) is 268 Å². The number of nitrogens with one attached hydrogen (secondary N) is 4. The Balaban J connectivity index is 0.720. The van der Waals surface area contributed by atoms with Gasteiger partial charge in [-0.15, -0.1) is 5.10 Å². The number of ketones is 4. The zero-order chi connectivity index (χ0) is 87.6. The van der Waals surface area contributed by atoms with E-state index in [0.717, 1.165) is 30.2 Å². The summed E-state index contributed by atoms with van der Waals surface area (Å²) < 4.78 is 94.1. The normalized spacial score (nSPS) is 29.9. The number of alkyl halides is 2. The maximum absolute atomic E-state index is 18.2. The summed E-state index contributed by atoms with van der Waals surface area (Å²) in [5, 5.41) is 73.3. The van der Waals surface area contributed by atoms with Crippen molar-refractivity contribution in [2.45, 2.75) is 242 Å². The number of nitrogens with two attached hydrogens (primary N) is 1. The van der Waals surface area contributed by atoms with Crippen LogP contribution in [0.1, 0.15) is 180 Å².